The van der Waals surface area contributed by atoms with Gasteiger partial charge in [0, 0.05) is 56.4 Å². The van der Waals surface area contributed by atoms with Crippen molar-refractivity contribution in [3.8, 4) is 0 Å². The van der Waals surface area contributed by atoms with Crippen molar-refractivity contribution >= 4 is 10.9 Å². The molecule has 0 saturated carbocycles. The highest BCUT2D eigenvalue weighted by molar-refractivity contribution is 5.84. The molecule has 4 rings (SSSR count). The minimum absolute atomic E-state index is 0.489. The van der Waals surface area contributed by atoms with Gasteiger partial charge in [0.15, 0.2) is 0 Å². The molecule has 1 unspecified atom stereocenters. The van der Waals surface area contributed by atoms with Crippen LogP contribution in [0, 0.1) is 0 Å². The Morgan fingerprint density at radius 3 is 2.68 bits per heavy atom. The molecule has 2 atom stereocenters. The lowest BCUT2D eigenvalue weighted by Crippen LogP contribution is -2.52. The van der Waals surface area contributed by atoms with Gasteiger partial charge in [-0.1, -0.05) is 55.5 Å². The van der Waals surface area contributed by atoms with Crippen molar-refractivity contribution in [3.63, 3.8) is 0 Å². The van der Waals surface area contributed by atoms with Gasteiger partial charge >= 0.3 is 0 Å². The molecule has 0 radical (unpaired) electrons. The van der Waals surface area contributed by atoms with Gasteiger partial charge in [0.05, 0.1) is 0 Å². The molecule has 1 aromatic heterocycles. The van der Waals surface area contributed by atoms with Gasteiger partial charge in [-0.15, -0.1) is 0 Å². The second-order valence-corrected chi connectivity index (χ2v) is 7.28. The largest absolute Gasteiger partial charge is 0.350 e. The number of piperazine rings is 1. The van der Waals surface area contributed by atoms with Gasteiger partial charge in [-0.3, -0.25) is 4.90 Å². The van der Waals surface area contributed by atoms with Gasteiger partial charge in [0.2, 0.25) is 0 Å². The summed E-state index contributed by atoms with van der Waals surface area (Å²) in [5, 5.41) is 5.14. The maximum absolute atomic E-state index is 3.76. The first-order chi connectivity index (χ1) is 12.2. The van der Waals surface area contributed by atoms with Crippen LogP contribution < -0.4 is 5.32 Å². The first-order valence-corrected chi connectivity index (χ1v) is 9.26. The molecule has 3 aromatic rings. The van der Waals surface area contributed by atoms with Gasteiger partial charge in [-0.05, 0) is 23.1 Å². The number of nitrogens with zero attached hydrogens (tertiary/aromatic N) is 2. The lowest BCUT2D eigenvalue weighted by molar-refractivity contribution is 0.180. The van der Waals surface area contributed by atoms with E-state index in [1.165, 1.54) is 22.0 Å². The van der Waals surface area contributed by atoms with E-state index in [-0.39, 0.29) is 0 Å². The Labute approximate surface area is 150 Å². The van der Waals surface area contributed by atoms with E-state index in [1.54, 1.807) is 0 Å². The monoisotopic (exact) mass is 333 g/mol. The quantitative estimate of drug-likeness (QED) is 0.784. The number of nitrogens with one attached hydrogen (secondary N) is 1. The molecule has 1 aliphatic heterocycles. The molecule has 1 fully saturated rings. The highest BCUT2D eigenvalue weighted by Gasteiger charge is 2.27. The molecule has 0 spiro atoms. The minimum atomic E-state index is 0.489. The lowest BCUT2D eigenvalue weighted by Gasteiger charge is -2.36. The van der Waals surface area contributed by atoms with Crippen LogP contribution in [0.5, 0.6) is 0 Å². The van der Waals surface area contributed by atoms with E-state index in [0.29, 0.717) is 12.0 Å². The standard InChI is InChI=1S/C22H27N3/c1-17(20-15-24(2)22-11-7-6-10-19(20)22)21-16-25(13-12-23-21)14-18-8-4-3-5-9-18/h3-11,15,17,21,23H,12-14,16H2,1-2H3/t17-,21?/m1/s1. The van der Waals surface area contributed by atoms with Crippen molar-refractivity contribution in [2.45, 2.75) is 25.4 Å². The Morgan fingerprint density at radius 1 is 1.08 bits per heavy atom. The van der Waals surface area contributed by atoms with Crippen LogP contribution in [0.4, 0.5) is 0 Å². The normalized spacial score (nSPS) is 20.0. The number of hydrogen-bond donors (Lipinski definition) is 1. The molecule has 2 heterocycles. The molecule has 0 aliphatic carbocycles. The van der Waals surface area contributed by atoms with Crippen LogP contribution >= 0.6 is 0 Å². The van der Waals surface area contributed by atoms with Crippen molar-refractivity contribution in [1.29, 1.82) is 0 Å². The van der Waals surface area contributed by atoms with E-state index in [9.17, 15) is 0 Å². The second kappa shape index (κ2) is 7.03. The Bertz CT molecular complexity index is 837. The maximum atomic E-state index is 3.76. The number of fused-ring (bicyclic) bond motifs is 1. The zero-order chi connectivity index (χ0) is 17.2. The highest BCUT2D eigenvalue weighted by atomic mass is 15.2. The van der Waals surface area contributed by atoms with Gasteiger partial charge in [0.1, 0.15) is 0 Å². The fraction of sp³-hybridized carbons (Fsp3) is 0.364. The first kappa shape index (κ1) is 16.4. The summed E-state index contributed by atoms with van der Waals surface area (Å²) >= 11 is 0. The molecule has 1 saturated heterocycles. The van der Waals surface area contributed by atoms with Crippen LogP contribution in [0.25, 0.3) is 10.9 Å². The van der Waals surface area contributed by atoms with Crippen LogP contribution in [0.1, 0.15) is 24.0 Å². The third kappa shape index (κ3) is 3.35. The predicted molar refractivity (Wildman–Crippen MR) is 105 cm³/mol. The molecule has 25 heavy (non-hydrogen) atoms. The first-order valence-electron chi connectivity index (χ1n) is 9.26. The molecule has 3 heteroatoms. The van der Waals surface area contributed by atoms with E-state index in [0.717, 1.165) is 26.2 Å². The topological polar surface area (TPSA) is 20.2 Å². The summed E-state index contributed by atoms with van der Waals surface area (Å²) in [7, 11) is 2.15. The highest BCUT2D eigenvalue weighted by Crippen LogP contribution is 2.30. The van der Waals surface area contributed by atoms with Gasteiger partial charge in [0.25, 0.3) is 0 Å². The SMILES string of the molecule is C[C@H](c1cn(C)c2ccccc12)C1CN(Cc2ccccc2)CCN1. The maximum Gasteiger partial charge on any atom is 0.0480 e. The van der Waals surface area contributed by atoms with Crippen LogP contribution in [-0.4, -0.2) is 35.1 Å². The third-order valence-corrected chi connectivity index (χ3v) is 5.56. The lowest BCUT2D eigenvalue weighted by atomic mass is 9.91. The number of aryl methyl sites for hydroxylation is 1. The fourth-order valence-corrected chi connectivity index (χ4v) is 4.11. The Balaban J connectivity index is 1.52. The number of para-hydroxylation sites is 1. The average molecular weight is 333 g/mol. The molecule has 130 valence electrons. The summed E-state index contributed by atoms with van der Waals surface area (Å²) in [6.07, 6.45) is 2.31. The molecule has 3 nitrogen and oxygen atoms in total. The number of aromatic nitrogens is 1. The molecule has 2 aromatic carbocycles. The summed E-state index contributed by atoms with van der Waals surface area (Å²) < 4.78 is 2.26. The second-order valence-electron chi connectivity index (χ2n) is 7.28. The molecule has 0 bridgehead atoms. The van der Waals surface area contributed by atoms with Gasteiger partial charge < -0.3 is 9.88 Å². The Kier molecular flexibility index (Phi) is 4.60. The molecular formula is C22H27N3. The number of hydrogen-bond acceptors (Lipinski definition) is 2. The van der Waals surface area contributed by atoms with E-state index in [1.807, 2.05) is 0 Å². The Hall–Kier alpha value is -2.10. The zero-order valence-electron chi connectivity index (χ0n) is 15.2. The molecule has 1 N–H and O–H groups in total. The van der Waals surface area contributed by atoms with Crippen LogP contribution in [0.3, 0.4) is 0 Å². The third-order valence-electron chi connectivity index (χ3n) is 5.56. The summed E-state index contributed by atoms with van der Waals surface area (Å²) in [6.45, 7) is 6.69. The van der Waals surface area contributed by atoms with E-state index < -0.39 is 0 Å². The Morgan fingerprint density at radius 2 is 1.84 bits per heavy atom. The molecule has 1 aliphatic rings. The summed E-state index contributed by atoms with van der Waals surface area (Å²) in [5.74, 6) is 0.490. The smallest absolute Gasteiger partial charge is 0.0480 e. The zero-order valence-corrected chi connectivity index (χ0v) is 15.2. The van der Waals surface area contributed by atoms with E-state index in [4.69, 9.17) is 0 Å². The summed E-state index contributed by atoms with van der Waals surface area (Å²) in [6, 6.07) is 20.0. The van der Waals surface area contributed by atoms with E-state index in [2.05, 4.69) is 89.5 Å². The number of benzene rings is 2. The minimum Gasteiger partial charge on any atom is -0.350 e. The predicted octanol–water partition coefficient (Wildman–Crippen LogP) is 3.76. The average Bonchev–Trinajstić information content (AvgIpc) is 2.99. The summed E-state index contributed by atoms with van der Waals surface area (Å²) in [4.78, 5) is 2.58. The van der Waals surface area contributed by atoms with Crippen molar-refractivity contribution < 1.29 is 0 Å². The van der Waals surface area contributed by atoms with Crippen LogP contribution in [0.15, 0.2) is 60.8 Å². The van der Waals surface area contributed by atoms with Gasteiger partial charge in [-0.2, -0.15) is 0 Å². The van der Waals surface area contributed by atoms with Crippen LogP contribution in [0.2, 0.25) is 0 Å². The molecule has 0 amide bonds. The van der Waals surface area contributed by atoms with Crippen molar-refractivity contribution in [1.82, 2.24) is 14.8 Å². The van der Waals surface area contributed by atoms with Crippen LogP contribution in [-0.2, 0) is 13.6 Å². The fourth-order valence-electron chi connectivity index (χ4n) is 4.11. The van der Waals surface area contributed by atoms with Gasteiger partial charge in [-0.25, -0.2) is 0 Å². The number of rotatable bonds is 4. The molecular weight excluding hydrogens is 306 g/mol. The van der Waals surface area contributed by atoms with Crippen molar-refractivity contribution in [2.24, 2.45) is 7.05 Å². The van der Waals surface area contributed by atoms with Crippen molar-refractivity contribution in [3.05, 3.63) is 71.9 Å². The van der Waals surface area contributed by atoms with Crippen molar-refractivity contribution in [2.75, 3.05) is 19.6 Å². The summed E-state index contributed by atoms with van der Waals surface area (Å²) in [5.41, 5.74) is 4.18. The van der Waals surface area contributed by atoms with E-state index >= 15 is 0 Å².